The SMILES string of the molecule is CC(=O)N(O)C(C)C#Cc1ccc(S(=O)(=O)Nc2ccc(F)cc2)cc1. The molecule has 1 atom stereocenters. The highest BCUT2D eigenvalue weighted by Crippen LogP contribution is 2.17. The van der Waals surface area contributed by atoms with Gasteiger partial charge in [-0.15, -0.1) is 0 Å². The van der Waals surface area contributed by atoms with Crippen LogP contribution in [0.3, 0.4) is 0 Å². The molecule has 26 heavy (non-hydrogen) atoms. The number of carbonyl (C=O) groups excluding carboxylic acids is 1. The Morgan fingerprint density at radius 1 is 1.15 bits per heavy atom. The zero-order chi connectivity index (χ0) is 19.3. The third kappa shape index (κ3) is 5.05. The molecule has 2 aromatic carbocycles. The Morgan fingerprint density at radius 3 is 2.27 bits per heavy atom. The van der Waals surface area contributed by atoms with E-state index in [0.717, 1.165) is 12.1 Å². The molecule has 6 nitrogen and oxygen atoms in total. The largest absolute Gasteiger partial charge is 0.285 e. The Bertz CT molecular complexity index is 945. The molecule has 0 spiro atoms. The second-order valence-electron chi connectivity index (χ2n) is 5.45. The highest BCUT2D eigenvalue weighted by molar-refractivity contribution is 7.92. The first-order valence-electron chi connectivity index (χ1n) is 7.58. The molecule has 0 fully saturated rings. The third-order valence-corrected chi connectivity index (χ3v) is 4.77. The van der Waals surface area contributed by atoms with E-state index in [1.54, 1.807) is 6.92 Å². The summed E-state index contributed by atoms with van der Waals surface area (Å²) in [6.07, 6.45) is 0. The summed E-state index contributed by atoms with van der Waals surface area (Å²) in [5.74, 6) is 4.45. The van der Waals surface area contributed by atoms with Gasteiger partial charge >= 0.3 is 0 Å². The van der Waals surface area contributed by atoms with Gasteiger partial charge < -0.3 is 0 Å². The average Bonchev–Trinajstić information content (AvgIpc) is 2.61. The molecule has 0 bridgehead atoms. The molecule has 0 saturated carbocycles. The van der Waals surface area contributed by atoms with Gasteiger partial charge in [0.15, 0.2) is 0 Å². The first-order chi connectivity index (χ1) is 12.2. The lowest BCUT2D eigenvalue weighted by molar-refractivity contribution is -0.166. The fourth-order valence-electron chi connectivity index (χ4n) is 1.97. The fourth-order valence-corrected chi connectivity index (χ4v) is 3.03. The quantitative estimate of drug-likeness (QED) is 0.488. The number of nitrogens with one attached hydrogen (secondary N) is 1. The lowest BCUT2D eigenvalue weighted by Crippen LogP contribution is -2.32. The molecule has 2 N–H and O–H groups in total. The van der Waals surface area contributed by atoms with Crippen LogP contribution in [0.15, 0.2) is 53.4 Å². The van der Waals surface area contributed by atoms with Gasteiger partial charge in [0.1, 0.15) is 11.9 Å². The smallest absolute Gasteiger partial charge is 0.261 e. The molecule has 0 aromatic heterocycles. The van der Waals surface area contributed by atoms with Gasteiger partial charge in [0.25, 0.3) is 10.0 Å². The van der Waals surface area contributed by atoms with Crippen LogP contribution in [-0.4, -0.2) is 30.6 Å². The first-order valence-corrected chi connectivity index (χ1v) is 9.06. The maximum absolute atomic E-state index is 12.9. The van der Waals surface area contributed by atoms with E-state index in [4.69, 9.17) is 0 Å². The van der Waals surface area contributed by atoms with E-state index in [1.807, 2.05) is 0 Å². The fraction of sp³-hybridized carbons (Fsp3) is 0.167. The molecule has 8 heteroatoms. The summed E-state index contributed by atoms with van der Waals surface area (Å²) in [6.45, 7) is 2.77. The average molecular weight is 376 g/mol. The Kier molecular flexibility index (Phi) is 5.97. The van der Waals surface area contributed by atoms with E-state index in [1.165, 1.54) is 43.3 Å². The molecule has 0 heterocycles. The highest BCUT2D eigenvalue weighted by atomic mass is 32.2. The summed E-state index contributed by atoms with van der Waals surface area (Å²) in [5.41, 5.74) is 0.769. The maximum Gasteiger partial charge on any atom is 0.261 e. The predicted molar refractivity (Wildman–Crippen MR) is 94.3 cm³/mol. The molecular weight excluding hydrogens is 359 g/mol. The molecule has 0 aliphatic heterocycles. The minimum absolute atomic E-state index is 0.0212. The summed E-state index contributed by atoms with van der Waals surface area (Å²) in [4.78, 5) is 11.1. The number of anilines is 1. The van der Waals surface area contributed by atoms with Gasteiger partial charge in [-0.2, -0.15) is 0 Å². The highest BCUT2D eigenvalue weighted by Gasteiger charge is 2.14. The Balaban J connectivity index is 2.13. The number of hydrogen-bond acceptors (Lipinski definition) is 4. The molecule has 2 aromatic rings. The van der Waals surface area contributed by atoms with Gasteiger partial charge in [-0.05, 0) is 55.5 Å². The number of hydroxylamine groups is 2. The Labute approximate surface area is 151 Å². The standard InChI is InChI=1S/C18H17FN2O4S/c1-13(21(23)14(2)22)3-4-15-5-11-18(12-6-15)26(24,25)20-17-9-7-16(19)8-10-17/h5-13,20,23H,1-2H3. The minimum Gasteiger partial charge on any atom is -0.285 e. The molecule has 1 unspecified atom stereocenters. The third-order valence-electron chi connectivity index (χ3n) is 3.38. The monoisotopic (exact) mass is 376 g/mol. The molecular formula is C18H17FN2O4S. The zero-order valence-corrected chi connectivity index (χ0v) is 14.9. The normalized spacial score (nSPS) is 11.8. The zero-order valence-electron chi connectivity index (χ0n) is 14.1. The lowest BCUT2D eigenvalue weighted by Gasteiger charge is -2.15. The van der Waals surface area contributed by atoms with Crippen molar-refractivity contribution in [2.75, 3.05) is 4.72 Å². The van der Waals surface area contributed by atoms with Crippen LogP contribution >= 0.6 is 0 Å². The van der Waals surface area contributed by atoms with Crippen LogP contribution < -0.4 is 4.72 Å². The lowest BCUT2D eigenvalue weighted by atomic mass is 10.2. The van der Waals surface area contributed by atoms with Crippen molar-refractivity contribution in [2.45, 2.75) is 24.8 Å². The number of sulfonamides is 1. The summed E-state index contributed by atoms with van der Waals surface area (Å²) in [7, 11) is -3.81. The van der Waals surface area contributed by atoms with E-state index in [2.05, 4.69) is 16.6 Å². The molecule has 0 aliphatic rings. The second kappa shape index (κ2) is 7.99. The van der Waals surface area contributed by atoms with Crippen molar-refractivity contribution in [1.29, 1.82) is 0 Å². The Hall–Kier alpha value is -2.89. The number of rotatable bonds is 4. The molecule has 136 valence electrons. The number of carbonyl (C=O) groups is 1. The van der Waals surface area contributed by atoms with E-state index in [-0.39, 0.29) is 10.6 Å². The van der Waals surface area contributed by atoms with Crippen molar-refractivity contribution in [1.82, 2.24) is 5.06 Å². The van der Waals surface area contributed by atoms with Gasteiger partial charge in [-0.3, -0.25) is 14.7 Å². The van der Waals surface area contributed by atoms with Crippen molar-refractivity contribution >= 4 is 21.6 Å². The summed E-state index contributed by atoms with van der Waals surface area (Å²) in [6, 6.07) is 10.0. The number of nitrogens with zero attached hydrogens (tertiary/aromatic N) is 1. The topological polar surface area (TPSA) is 86.7 Å². The van der Waals surface area contributed by atoms with Crippen molar-refractivity contribution < 1.29 is 22.8 Å². The van der Waals surface area contributed by atoms with Crippen LogP contribution in [0.25, 0.3) is 0 Å². The maximum atomic E-state index is 12.9. The molecule has 1 amide bonds. The van der Waals surface area contributed by atoms with Crippen molar-refractivity contribution in [3.63, 3.8) is 0 Å². The van der Waals surface area contributed by atoms with Gasteiger partial charge in [-0.1, -0.05) is 11.8 Å². The van der Waals surface area contributed by atoms with Gasteiger partial charge in [-0.25, -0.2) is 17.9 Å². The van der Waals surface area contributed by atoms with Crippen LogP contribution in [0.5, 0.6) is 0 Å². The van der Waals surface area contributed by atoms with E-state index in [9.17, 15) is 22.8 Å². The Morgan fingerprint density at radius 2 is 1.73 bits per heavy atom. The van der Waals surface area contributed by atoms with Gasteiger partial charge in [0.2, 0.25) is 5.91 Å². The van der Waals surface area contributed by atoms with Gasteiger partial charge in [0, 0.05) is 18.2 Å². The van der Waals surface area contributed by atoms with Crippen LogP contribution in [0.4, 0.5) is 10.1 Å². The van der Waals surface area contributed by atoms with E-state index in [0.29, 0.717) is 10.6 Å². The number of hydrogen-bond donors (Lipinski definition) is 2. The molecule has 0 radical (unpaired) electrons. The van der Waals surface area contributed by atoms with Gasteiger partial charge in [0.05, 0.1) is 4.90 Å². The van der Waals surface area contributed by atoms with Crippen LogP contribution in [0.1, 0.15) is 19.4 Å². The van der Waals surface area contributed by atoms with E-state index < -0.39 is 27.8 Å². The van der Waals surface area contributed by atoms with Crippen LogP contribution in [0, 0.1) is 17.7 Å². The predicted octanol–water partition coefficient (Wildman–Crippen LogP) is 2.60. The van der Waals surface area contributed by atoms with Crippen molar-refractivity contribution in [3.8, 4) is 11.8 Å². The molecule has 2 rings (SSSR count). The van der Waals surface area contributed by atoms with Crippen LogP contribution in [-0.2, 0) is 14.8 Å². The van der Waals surface area contributed by atoms with E-state index >= 15 is 0 Å². The number of halogens is 1. The first kappa shape index (κ1) is 19.4. The summed E-state index contributed by atoms with van der Waals surface area (Å²) < 4.78 is 39.9. The minimum atomic E-state index is -3.81. The second-order valence-corrected chi connectivity index (χ2v) is 7.13. The number of benzene rings is 2. The number of amides is 1. The van der Waals surface area contributed by atoms with Crippen molar-refractivity contribution in [3.05, 3.63) is 59.9 Å². The molecule has 0 aliphatic carbocycles. The van der Waals surface area contributed by atoms with Crippen molar-refractivity contribution in [2.24, 2.45) is 0 Å². The van der Waals surface area contributed by atoms with Crippen LogP contribution in [0.2, 0.25) is 0 Å². The summed E-state index contributed by atoms with van der Waals surface area (Å²) >= 11 is 0. The molecule has 0 saturated heterocycles. The summed E-state index contributed by atoms with van der Waals surface area (Å²) in [5, 5.41) is 9.96.